The van der Waals surface area contributed by atoms with Crippen LogP contribution in [0.15, 0.2) is 12.1 Å². The summed E-state index contributed by atoms with van der Waals surface area (Å²) in [4.78, 5) is 43.1. The second-order valence-electron chi connectivity index (χ2n) is 10.8. The van der Waals surface area contributed by atoms with E-state index in [9.17, 15) is 19.2 Å². The Morgan fingerprint density at radius 2 is 0.745 bits per heavy atom. The van der Waals surface area contributed by atoms with Crippen LogP contribution in [0.1, 0.15) is 5.56 Å². The summed E-state index contributed by atoms with van der Waals surface area (Å²) in [5.41, 5.74) is -6.40. The van der Waals surface area contributed by atoms with Crippen LogP contribution in [0.2, 0.25) is 5.02 Å². The number of halogens is 1. The zero-order valence-electron chi connectivity index (χ0n) is 26.9. The Kier molecular flexibility index (Phi) is 23.0. The average Bonchev–Trinajstić information content (AvgIpc) is 3.15. The minimum atomic E-state index is -1.79. The fraction of sp³-hybridized carbons (Fsp3) is 0.593. The molecule has 292 valence electrons. The highest BCUT2D eigenvalue weighted by Crippen LogP contribution is 2.32. The van der Waals surface area contributed by atoms with E-state index in [1.807, 2.05) is 10.6 Å². The lowest BCUT2D eigenvalue weighted by Gasteiger charge is -2.39. The molecule has 0 unspecified atom stereocenters. The molecule has 1 rings (SSSR count). The zero-order valence-corrected chi connectivity index (χ0v) is 27.6. The van der Waals surface area contributed by atoms with E-state index in [1.165, 1.54) is 0 Å². The van der Waals surface area contributed by atoms with Crippen LogP contribution in [0.25, 0.3) is 0 Å². The maximum Gasteiger partial charge on any atom is 0.394 e. The molecule has 18 N–H and O–H groups in total. The van der Waals surface area contributed by atoms with Crippen LogP contribution in [0.4, 0.5) is 11.4 Å². The van der Waals surface area contributed by atoms with Gasteiger partial charge in [0, 0.05) is 0 Å². The fourth-order valence-electron chi connectivity index (χ4n) is 3.42. The third-order valence-corrected chi connectivity index (χ3v) is 7.19. The molecule has 0 aliphatic heterocycles. The highest BCUT2D eigenvalue weighted by molar-refractivity contribution is 6.42. The van der Waals surface area contributed by atoms with Crippen molar-refractivity contribution in [3.63, 3.8) is 0 Å². The molecule has 0 radical (unpaired) electrons. The maximum atomic E-state index is 11.1. The molecule has 0 fully saturated rings. The van der Waals surface area contributed by atoms with Gasteiger partial charge in [-0.3, -0.25) is 20.2 Å². The van der Waals surface area contributed by atoms with Crippen LogP contribution >= 0.6 is 11.6 Å². The van der Waals surface area contributed by atoms with Gasteiger partial charge in [-0.05, 0) is 12.1 Å². The summed E-state index contributed by atoms with van der Waals surface area (Å²) >= 11 is 5.81. The topological polar surface area (TPSA) is 423 Å². The van der Waals surface area contributed by atoms with Gasteiger partial charge in [-0.2, -0.15) is 5.26 Å². The Morgan fingerprint density at radius 3 is 0.902 bits per heavy atom. The maximum absolute atomic E-state index is 11.1. The van der Waals surface area contributed by atoms with E-state index in [4.69, 9.17) is 88.4 Å². The van der Waals surface area contributed by atoms with Gasteiger partial charge >= 0.3 is 23.8 Å². The summed E-state index contributed by atoms with van der Waals surface area (Å²) in [6.07, 6.45) is 0. The van der Waals surface area contributed by atoms with Gasteiger partial charge in [0.1, 0.15) is 0 Å². The van der Waals surface area contributed by atoms with Crippen molar-refractivity contribution in [2.75, 3.05) is 89.9 Å². The number of hydrogen-bond donors (Lipinski definition) is 18. The molecule has 0 bridgehead atoms. The summed E-state index contributed by atoms with van der Waals surface area (Å²) in [6.45, 7) is -7.15. The normalized spacial score (nSPS) is 11.6. The molecule has 2 amide bonds. The van der Waals surface area contributed by atoms with Crippen molar-refractivity contribution in [2.24, 2.45) is 0 Å². The fourth-order valence-corrected chi connectivity index (χ4v) is 3.63. The largest absolute Gasteiger partial charge is 0.474 e. The van der Waals surface area contributed by atoms with Crippen molar-refractivity contribution in [1.29, 1.82) is 5.26 Å². The molecule has 51 heavy (non-hydrogen) atoms. The molecule has 24 heteroatoms. The van der Waals surface area contributed by atoms with Crippen molar-refractivity contribution >= 4 is 46.7 Å². The molecular formula is C27H44ClN5O18. The predicted octanol–water partition coefficient (Wildman–Crippen LogP) is -7.73. The van der Waals surface area contributed by atoms with Crippen LogP contribution in [-0.4, -0.2) is 197 Å². The average molecular weight is 762 g/mol. The Morgan fingerprint density at radius 1 is 0.529 bits per heavy atom. The Hall–Kier alpha value is -3.68. The molecular weight excluding hydrogens is 718 g/mol. The number of carbonyl (C=O) groups excluding carboxylic acids is 2. The quantitative estimate of drug-likeness (QED) is 0.0617. The summed E-state index contributed by atoms with van der Waals surface area (Å²) in [5.74, 6) is -6.40. The van der Waals surface area contributed by atoms with E-state index in [-0.39, 0.29) is 22.0 Å². The minimum absolute atomic E-state index is 0.0826. The number of nitrogens with zero attached hydrogens (tertiary/aromatic N) is 1. The van der Waals surface area contributed by atoms with Crippen LogP contribution in [-0.2, 0) is 19.2 Å². The first-order chi connectivity index (χ1) is 23.9. The second-order valence-corrected chi connectivity index (χ2v) is 11.2. The number of aliphatic hydroxyl groups is 12. The Labute approximate surface area is 294 Å². The van der Waals surface area contributed by atoms with Gasteiger partial charge in [0.05, 0.1) is 129 Å². The third kappa shape index (κ3) is 14.8. The number of hydrogen-bond acceptors (Lipinski definition) is 19. The molecule has 0 aliphatic carbocycles. The van der Waals surface area contributed by atoms with E-state index >= 15 is 0 Å². The smallest absolute Gasteiger partial charge is 0.394 e. The molecule has 0 saturated carbocycles. The molecule has 0 spiro atoms. The Bertz CT molecular complexity index is 1140. The number of carbonyl (C=O) groups is 4. The van der Waals surface area contributed by atoms with Crippen molar-refractivity contribution in [3.8, 4) is 6.07 Å². The molecule has 1 aromatic rings. The Balaban J connectivity index is 0. The number of nitrogens with one attached hydrogen (secondary N) is 4. The van der Waals surface area contributed by atoms with E-state index < -0.39 is 125 Å². The second kappa shape index (κ2) is 23.7. The highest BCUT2D eigenvalue weighted by Gasteiger charge is 2.40. The zero-order chi connectivity index (χ0) is 40.1. The minimum Gasteiger partial charge on any atom is -0.474 e. The monoisotopic (exact) mass is 761 g/mol. The SMILES string of the molecule is N#Cc1cc(NC(=O)C(=O)O)c(Cl)c(NC(=O)C(=O)O)c1.OCC(CO)(CO)NC(CO)(CO)CO.OCC(CO)(CO)NC(CO)(CO)CO. The van der Waals surface area contributed by atoms with E-state index in [0.717, 1.165) is 12.1 Å². The first-order valence-corrected chi connectivity index (χ1v) is 14.5. The van der Waals surface area contributed by atoms with E-state index in [1.54, 1.807) is 6.07 Å². The van der Waals surface area contributed by atoms with Gasteiger partial charge in [0.25, 0.3) is 0 Å². The number of rotatable bonds is 18. The number of carboxylic acid groups (broad SMARTS) is 2. The van der Waals surface area contributed by atoms with Crippen LogP contribution < -0.4 is 21.3 Å². The number of nitriles is 1. The highest BCUT2D eigenvalue weighted by atomic mass is 35.5. The molecule has 0 atom stereocenters. The van der Waals surface area contributed by atoms with Gasteiger partial charge in [0.15, 0.2) is 0 Å². The molecule has 0 heterocycles. The summed E-state index contributed by atoms with van der Waals surface area (Å²) in [6, 6.07) is 3.82. The first kappa shape index (κ1) is 49.4. The molecule has 0 saturated heterocycles. The summed E-state index contributed by atoms with van der Waals surface area (Å²) in [7, 11) is 0. The standard InChI is InChI=1S/C11H6ClN3O6.2C8H19NO6/c12-7-5(14-8(16)10(18)19)1-4(3-13)2-6(7)15-9(17)11(20)21;2*10-1-7(2-11,3-12)9-8(4-13,5-14)6-15/h1-2H,(H,14,16)(H,15,17)(H,18,19)(H,20,21);2*9-15H,1-6H2. The van der Waals surface area contributed by atoms with Crippen molar-refractivity contribution in [2.45, 2.75) is 22.2 Å². The number of aliphatic hydroxyl groups excluding tert-OH is 12. The lowest BCUT2D eigenvalue weighted by molar-refractivity contribution is -0.147. The molecule has 0 aromatic heterocycles. The third-order valence-electron chi connectivity index (χ3n) is 6.78. The van der Waals surface area contributed by atoms with Gasteiger partial charge in [-0.25, -0.2) is 9.59 Å². The number of carboxylic acids is 2. The first-order valence-electron chi connectivity index (χ1n) is 14.1. The molecule has 0 aliphatic rings. The predicted molar refractivity (Wildman–Crippen MR) is 171 cm³/mol. The van der Waals surface area contributed by atoms with Gasteiger partial charge in [-0.1, -0.05) is 11.6 Å². The van der Waals surface area contributed by atoms with Crippen molar-refractivity contribution < 1.29 is 90.7 Å². The van der Waals surface area contributed by atoms with Crippen molar-refractivity contribution in [1.82, 2.24) is 10.6 Å². The molecule has 23 nitrogen and oxygen atoms in total. The van der Waals surface area contributed by atoms with E-state index in [2.05, 4.69) is 10.6 Å². The molecule has 1 aromatic carbocycles. The number of anilines is 2. The van der Waals surface area contributed by atoms with Gasteiger partial charge < -0.3 is 82.1 Å². The lowest BCUT2D eigenvalue weighted by atomic mass is 9.94. The van der Waals surface area contributed by atoms with Crippen LogP contribution in [0, 0.1) is 11.3 Å². The van der Waals surface area contributed by atoms with Crippen LogP contribution in [0.3, 0.4) is 0 Å². The van der Waals surface area contributed by atoms with E-state index in [0.29, 0.717) is 0 Å². The summed E-state index contributed by atoms with van der Waals surface area (Å²) < 4.78 is 0. The van der Waals surface area contributed by atoms with Gasteiger partial charge in [0.2, 0.25) is 0 Å². The van der Waals surface area contributed by atoms with Gasteiger partial charge in [-0.15, -0.1) is 0 Å². The number of amides is 2. The number of benzene rings is 1. The van der Waals surface area contributed by atoms with Crippen molar-refractivity contribution in [3.05, 3.63) is 22.7 Å². The summed E-state index contributed by atoms with van der Waals surface area (Å²) in [5, 5.41) is 142. The lowest BCUT2D eigenvalue weighted by Crippen LogP contribution is -2.68. The van der Waals surface area contributed by atoms with Crippen LogP contribution in [0.5, 0.6) is 0 Å². The number of aliphatic carboxylic acids is 2.